The van der Waals surface area contributed by atoms with Crippen molar-refractivity contribution in [3.63, 3.8) is 0 Å². The van der Waals surface area contributed by atoms with Crippen molar-refractivity contribution in [1.29, 1.82) is 0 Å². The summed E-state index contributed by atoms with van der Waals surface area (Å²) in [4.78, 5) is 24.2. The van der Waals surface area contributed by atoms with E-state index in [0.29, 0.717) is 13.2 Å². The summed E-state index contributed by atoms with van der Waals surface area (Å²) in [5, 5.41) is 6.99. The number of hydrogen-bond acceptors (Lipinski definition) is 4. The molecule has 0 aromatic rings. The standard InChI is InChI=1S/C24H34N2O4/c27-21(29-13-23-7-15-1-16(8-23)3-17(2-15)9-23)25-26-22(28)30-14-24-10-18-4-19(11-24)6-20(5-18)12-24/h15-20H,1-14H2. The monoisotopic (exact) mass is 414 g/mol. The van der Waals surface area contributed by atoms with E-state index in [1.165, 1.54) is 77.0 Å². The van der Waals surface area contributed by atoms with Crippen LogP contribution < -0.4 is 0 Å². The number of ether oxygens (including phenoxy) is 2. The van der Waals surface area contributed by atoms with Crippen molar-refractivity contribution < 1.29 is 19.1 Å². The lowest BCUT2D eigenvalue weighted by Crippen LogP contribution is -2.48. The van der Waals surface area contributed by atoms with Crippen LogP contribution in [-0.2, 0) is 9.47 Å². The highest BCUT2D eigenvalue weighted by Crippen LogP contribution is 2.61. The topological polar surface area (TPSA) is 77.3 Å². The molecule has 0 saturated heterocycles. The highest BCUT2D eigenvalue weighted by molar-refractivity contribution is 5.73. The first-order valence-corrected chi connectivity index (χ1v) is 12.2. The Kier molecular flexibility index (Phi) is 4.51. The average Bonchev–Trinajstić information content (AvgIpc) is 2.67. The molecule has 0 aromatic heterocycles. The van der Waals surface area contributed by atoms with Crippen molar-refractivity contribution in [1.82, 2.24) is 0 Å². The molecule has 2 amide bonds. The number of carbonyl (C=O) groups is 2. The molecule has 8 saturated carbocycles. The van der Waals surface area contributed by atoms with Gasteiger partial charge in [-0.05, 0) is 113 Å². The second-order valence-corrected chi connectivity index (χ2v) is 12.1. The van der Waals surface area contributed by atoms with Gasteiger partial charge in [-0.3, -0.25) is 0 Å². The first kappa shape index (κ1) is 19.2. The van der Waals surface area contributed by atoms with Gasteiger partial charge in [0.2, 0.25) is 0 Å². The van der Waals surface area contributed by atoms with Crippen LogP contribution in [0.5, 0.6) is 0 Å². The number of azo groups is 1. The van der Waals surface area contributed by atoms with Crippen LogP contribution in [-0.4, -0.2) is 25.4 Å². The molecule has 0 aromatic carbocycles. The summed E-state index contributed by atoms with van der Waals surface area (Å²) in [7, 11) is 0. The van der Waals surface area contributed by atoms with Gasteiger partial charge in [0.1, 0.15) is 0 Å². The van der Waals surface area contributed by atoms with E-state index in [2.05, 4.69) is 10.2 Å². The zero-order valence-electron chi connectivity index (χ0n) is 17.9. The van der Waals surface area contributed by atoms with Crippen LogP contribution in [0.2, 0.25) is 0 Å². The molecule has 0 atom stereocenters. The molecule has 8 fully saturated rings. The van der Waals surface area contributed by atoms with Gasteiger partial charge >= 0.3 is 12.2 Å². The predicted molar refractivity (Wildman–Crippen MR) is 109 cm³/mol. The Labute approximate surface area is 178 Å². The zero-order valence-corrected chi connectivity index (χ0v) is 17.9. The second kappa shape index (κ2) is 7.03. The Balaban J connectivity index is 0.978. The van der Waals surface area contributed by atoms with E-state index in [-0.39, 0.29) is 10.8 Å². The summed E-state index contributed by atoms with van der Waals surface area (Å²) in [5.74, 6) is 4.90. The summed E-state index contributed by atoms with van der Waals surface area (Å²) in [6.45, 7) is 0.855. The summed E-state index contributed by atoms with van der Waals surface area (Å²) in [6, 6.07) is 0. The highest BCUT2D eigenvalue weighted by Gasteiger charge is 2.52. The van der Waals surface area contributed by atoms with Crippen molar-refractivity contribution in [3.8, 4) is 0 Å². The third kappa shape index (κ3) is 3.58. The molecule has 8 aliphatic carbocycles. The summed E-state index contributed by atoms with van der Waals surface area (Å²) in [6.07, 6.45) is 13.7. The summed E-state index contributed by atoms with van der Waals surface area (Å²) in [5.41, 5.74) is 0.303. The van der Waals surface area contributed by atoms with Crippen molar-refractivity contribution >= 4 is 12.2 Å². The highest BCUT2D eigenvalue weighted by atomic mass is 16.6. The van der Waals surface area contributed by atoms with Gasteiger partial charge in [0.05, 0.1) is 13.2 Å². The Hall–Kier alpha value is -1.46. The second-order valence-electron chi connectivity index (χ2n) is 12.1. The first-order chi connectivity index (χ1) is 14.5. The van der Waals surface area contributed by atoms with Gasteiger partial charge in [0.15, 0.2) is 0 Å². The van der Waals surface area contributed by atoms with Gasteiger partial charge in [-0.2, -0.15) is 0 Å². The maximum absolute atomic E-state index is 12.1. The third-order valence-electron chi connectivity index (χ3n) is 9.55. The van der Waals surface area contributed by atoms with Gasteiger partial charge in [0.25, 0.3) is 0 Å². The largest absolute Gasteiger partial charge is 0.452 e. The van der Waals surface area contributed by atoms with E-state index in [1.807, 2.05) is 0 Å². The van der Waals surface area contributed by atoms with E-state index < -0.39 is 12.2 Å². The van der Waals surface area contributed by atoms with Crippen LogP contribution in [0, 0.1) is 46.3 Å². The van der Waals surface area contributed by atoms with Crippen molar-refractivity contribution in [3.05, 3.63) is 0 Å². The molecule has 0 aliphatic heterocycles. The minimum absolute atomic E-state index is 0.152. The Morgan fingerprint density at radius 3 is 1.10 bits per heavy atom. The fourth-order valence-electron chi connectivity index (χ4n) is 9.50. The van der Waals surface area contributed by atoms with E-state index >= 15 is 0 Å². The van der Waals surface area contributed by atoms with Crippen molar-refractivity contribution in [2.24, 2.45) is 56.6 Å². The molecule has 6 heteroatoms. The zero-order chi connectivity index (χ0) is 20.3. The smallest absolute Gasteiger partial charge is 0.446 e. The number of hydrogen-bond donors (Lipinski definition) is 0. The molecule has 6 nitrogen and oxygen atoms in total. The van der Waals surface area contributed by atoms with Crippen LogP contribution >= 0.6 is 0 Å². The third-order valence-corrected chi connectivity index (χ3v) is 9.55. The van der Waals surface area contributed by atoms with Crippen molar-refractivity contribution in [2.75, 3.05) is 13.2 Å². The summed E-state index contributed by atoms with van der Waals surface area (Å²) < 4.78 is 10.9. The Morgan fingerprint density at radius 2 is 0.833 bits per heavy atom. The van der Waals surface area contributed by atoms with Crippen LogP contribution in [0.1, 0.15) is 77.0 Å². The lowest BCUT2D eigenvalue weighted by Gasteiger charge is -2.56. The van der Waals surface area contributed by atoms with Crippen LogP contribution in [0.3, 0.4) is 0 Å². The number of rotatable bonds is 4. The summed E-state index contributed by atoms with van der Waals surface area (Å²) >= 11 is 0. The average molecular weight is 415 g/mol. The maximum Gasteiger partial charge on any atom is 0.452 e. The van der Waals surface area contributed by atoms with E-state index in [4.69, 9.17) is 9.47 Å². The number of carbonyl (C=O) groups excluding carboxylic acids is 2. The minimum Gasteiger partial charge on any atom is -0.446 e. The maximum atomic E-state index is 12.1. The van der Waals surface area contributed by atoms with Crippen LogP contribution in [0.25, 0.3) is 0 Å². The minimum atomic E-state index is -0.752. The van der Waals surface area contributed by atoms with Gasteiger partial charge in [-0.15, -0.1) is 0 Å². The van der Waals surface area contributed by atoms with Gasteiger partial charge in [-0.1, -0.05) is 10.2 Å². The quantitative estimate of drug-likeness (QED) is 0.517. The number of nitrogens with zero attached hydrogens (tertiary/aromatic N) is 2. The van der Waals surface area contributed by atoms with Crippen LogP contribution in [0.15, 0.2) is 10.2 Å². The van der Waals surface area contributed by atoms with Gasteiger partial charge < -0.3 is 9.47 Å². The molecule has 164 valence electrons. The fraction of sp³-hybridized carbons (Fsp3) is 0.917. The molecule has 0 spiro atoms. The van der Waals surface area contributed by atoms with Crippen molar-refractivity contribution in [2.45, 2.75) is 77.0 Å². The SMILES string of the molecule is O=C(N=NC(=O)OCC12CC3CC(CC(C3)C1)C2)OCC12CC3CC(CC(C3)C1)C2. The van der Waals surface area contributed by atoms with E-state index in [9.17, 15) is 9.59 Å². The molecule has 0 heterocycles. The molecule has 30 heavy (non-hydrogen) atoms. The van der Waals surface area contributed by atoms with Gasteiger partial charge in [0, 0.05) is 10.8 Å². The Bertz CT molecular complexity index is 628. The molecule has 8 aliphatic rings. The van der Waals surface area contributed by atoms with E-state index in [1.54, 1.807) is 0 Å². The normalized spacial score (nSPS) is 47.7. The van der Waals surface area contributed by atoms with E-state index in [0.717, 1.165) is 35.5 Å². The molecule has 8 bridgehead atoms. The molecule has 0 unspecified atom stereocenters. The molecular weight excluding hydrogens is 380 g/mol. The number of amides is 2. The van der Waals surface area contributed by atoms with Gasteiger partial charge in [-0.25, -0.2) is 9.59 Å². The lowest BCUT2D eigenvalue weighted by molar-refractivity contribution is -0.0820. The molecular formula is C24H34N2O4. The Morgan fingerprint density at radius 1 is 0.567 bits per heavy atom. The predicted octanol–water partition coefficient (Wildman–Crippen LogP) is 6.14. The fourth-order valence-corrected chi connectivity index (χ4v) is 9.50. The first-order valence-electron chi connectivity index (χ1n) is 12.2. The lowest BCUT2D eigenvalue weighted by atomic mass is 9.50. The molecule has 0 radical (unpaired) electrons. The van der Waals surface area contributed by atoms with Crippen LogP contribution in [0.4, 0.5) is 9.59 Å². The molecule has 0 N–H and O–H groups in total. The molecule has 8 rings (SSSR count).